The van der Waals surface area contributed by atoms with E-state index in [1.807, 2.05) is 31.4 Å². The van der Waals surface area contributed by atoms with Crippen molar-refractivity contribution >= 4 is 28.4 Å². The number of carboxylic acid groups (broad SMARTS) is 1. The Balaban J connectivity index is 2.32. The first-order chi connectivity index (χ1) is 9.58. The normalized spacial score (nSPS) is 11.3. The van der Waals surface area contributed by atoms with Crippen LogP contribution in [0.3, 0.4) is 0 Å². The summed E-state index contributed by atoms with van der Waals surface area (Å²) in [6.45, 7) is 3.88. The molecule has 6 heteroatoms. The SMILES string of the molecule is CC(C)c1noc2nc(-c3cccs3)cc(C(=O)O)c12. The van der Waals surface area contributed by atoms with Crippen LogP contribution in [0.5, 0.6) is 0 Å². The number of carbonyl (C=O) groups is 1. The lowest BCUT2D eigenvalue weighted by atomic mass is 10.0. The number of carboxylic acids is 1. The van der Waals surface area contributed by atoms with Gasteiger partial charge in [-0.05, 0) is 23.4 Å². The van der Waals surface area contributed by atoms with Crippen LogP contribution < -0.4 is 0 Å². The Bertz CT molecular complexity index is 775. The predicted octanol–water partition coefficient (Wildman–Crippen LogP) is 3.77. The zero-order valence-corrected chi connectivity index (χ0v) is 11.8. The molecule has 5 nitrogen and oxygen atoms in total. The van der Waals surface area contributed by atoms with E-state index in [0.717, 1.165) is 4.88 Å². The van der Waals surface area contributed by atoms with Gasteiger partial charge in [-0.3, -0.25) is 0 Å². The van der Waals surface area contributed by atoms with E-state index in [1.54, 1.807) is 6.07 Å². The van der Waals surface area contributed by atoms with Crippen molar-refractivity contribution in [3.05, 3.63) is 34.8 Å². The number of fused-ring (bicyclic) bond motifs is 1. The van der Waals surface area contributed by atoms with Crippen molar-refractivity contribution < 1.29 is 14.4 Å². The lowest BCUT2D eigenvalue weighted by Gasteiger charge is -2.04. The number of nitrogens with zero attached hydrogens (tertiary/aromatic N) is 2. The smallest absolute Gasteiger partial charge is 0.336 e. The number of pyridine rings is 1. The van der Waals surface area contributed by atoms with E-state index in [1.165, 1.54) is 11.3 Å². The van der Waals surface area contributed by atoms with Crippen molar-refractivity contribution in [1.82, 2.24) is 10.1 Å². The maximum Gasteiger partial charge on any atom is 0.336 e. The van der Waals surface area contributed by atoms with E-state index in [2.05, 4.69) is 10.1 Å². The number of rotatable bonds is 3. The molecule has 0 fully saturated rings. The summed E-state index contributed by atoms with van der Waals surface area (Å²) in [5.74, 6) is -0.927. The predicted molar refractivity (Wildman–Crippen MR) is 76.2 cm³/mol. The molecule has 20 heavy (non-hydrogen) atoms. The Morgan fingerprint density at radius 3 is 2.85 bits per heavy atom. The molecule has 0 amide bonds. The van der Waals surface area contributed by atoms with Crippen LogP contribution in [0, 0.1) is 0 Å². The van der Waals surface area contributed by atoms with Crippen molar-refractivity contribution in [3.8, 4) is 10.6 Å². The van der Waals surface area contributed by atoms with E-state index in [0.29, 0.717) is 16.8 Å². The molecular formula is C14H12N2O3S. The number of hydrogen-bond acceptors (Lipinski definition) is 5. The van der Waals surface area contributed by atoms with Gasteiger partial charge in [0.2, 0.25) is 0 Å². The van der Waals surface area contributed by atoms with Crippen molar-refractivity contribution in [2.75, 3.05) is 0 Å². The summed E-state index contributed by atoms with van der Waals surface area (Å²) in [6.07, 6.45) is 0. The third-order valence-corrected chi connectivity index (χ3v) is 3.92. The van der Waals surface area contributed by atoms with Crippen LogP contribution in [-0.2, 0) is 0 Å². The van der Waals surface area contributed by atoms with Gasteiger partial charge in [0.25, 0.3) is 5.71 Å². The van der Waals surface area contributed by atoms with E-state index < -0.39 is 5.97 Å². The summed E-state index contributed by atoms with van der Waals surface area (Å²) in [5.41, 5.74) is 1.68. The van der Waals surface area contributed by atoms with Gasteiger partial charge in [0.05, 0.1) is 27.2 Å². The Labute approximate surface area is 118 Å². The first-order valence-corrected chi connectivity index (χ1v) is 7.03. The number of hydrogen-bond donors (Lipinski definition) is 1. The highest BCUT2D eigenvalue weighted by atomic mass is 32.1. The monoisotopic (exact) mass is 288 g/mol. The van der Waals surface area contributed by atoms with Crippen LogP contribution in [0.4, 0.5) is 0 Å². The van der Waals surface area contributed by atoms with Gasteiger partial charge in [-0.15, -0.1) is 11.3 Å². The van der Waals surface area contributed by atoms with Crippen LogP contribution in [0.1, 0.15) is 35.8 Å². The highest BCUT2D eigenvalue weighted by molar-refractivity contribution is 7.13. The zero-order valence-electron chi connectivity index (χ0n) is 11.0. The van der Waals surface area contributed by atoms with Gasteiger partial charge in [-0.25, -0.2) is 9.78 Å². The molecule has 3 aromatic rings. The fourth-order valence-corrected chi connectivity index (χ4v) is 2.77. The van der Waals surface area contributed by atoms with Crippen LogP contribution in [0.2, 0.25) is 0 Å². The van der Waals surface area contributed by atoms with Crippen LogP contribution in [0.15, 0.2) is 28.1 Å². The second-order valence-corrected chi connectivity index (χ2v) is 5.69. The summed E-state index contributed by atoms with van der Waals surface area (Å²) in [6, 6.07) is 5.37. The standard InChI is InChI=1S/C14H12N2O3S/c1-7(2)12-11-8(14(17)18)6-9(10-4-3-5-20-10)15-13(11)19-16-12/h3-7H,1-2H3,(H,17,18). The molecule has 0 unspecified atom stereocenters. The quantitative estimate of drug-likeness (QED) is 0.793. The first-order valence-electron chi connectivity index (χ1n) is 6.15. The zero-order chi connectivity index (χ0) is 14.3. The highest BCUT2D eigenvalue weighted by Crippen LogP contribution is 2.31. The maximum atomic E-state index is 11.5. The summed E-state index contributed by atoms with van der Waals surface area (Å²) in [5, 5.41) is 15.8. The molecular weight excluding hydrogens is 276 g/mol. The van der Waals surface area contributed by atoms with Crippen LogP contribution >= 0.6 is 11.3 Å². The average molecular weight is 288 g/mol. The van der Waals surface area contributed by atoms with Crippen molar-refractivity contribution in [1.29, 1.82) is 0 Å². The van der Waals surface area contributed by atoms with Crippen molar-refractivity contribution in [2.24, 2.45) is 0 Å². The molecule has 0 radical (unpaired) electrons. The fraction of sp³-hybridized carbons (Fsp3) is 0.214. The molecule has 3 aromatic heterocycles. The summed E-state index contributed by atoms with van der Waals surface area (Å²) in [4.78, 5) is 16.8. The lowest BCUT2D eigenvalue weighted by molar-refractivity contribution is 0.0699. The summed E-state index contributed by atoms with van der Waals surface area (Å²) in [7, 11) is 0. The maximum absolute atomic E-state index is 11.5. The van der Waals surface area contributed by atoms with Gasteiger partial charge in [0, 0.05) is 0 Å². The molecule has 0 saturated heterocycles. The molecule has 0 atom stereocenters. The minimum absolute atomic E-state index is 0.0729. The van der Waals surface area contributed by atoms with Gasteiger partial charge in [0.15, 0.2) is 0 Å². The minimum Gasteiger partial charge on any atom is -0.478 e. The van der Waals surface area contributed by atoms with Crippen molar-refractivity contribution in [2.45, 2.75) is 19.8 Å². The molecule has 0 aliphatic heterocycles. The topological polar surface area (TPSA) is 76.2 Å². The Hall–Kier alpha value is -2.21. The highest BCUT2D eigenvalue weighted by Gasteiger charge is 2.22. The Kier molecular flexibility index (Phi) is 3.02. The average Bonchev–Trinajstić information content (AvgIpc) is 3.06. The molecule has 0 aliphatic rings. The van der Waals surface area contributed by atoms with Gasteiger partial charge in [-0.2, -0.15) is 0 Å². The number of thiophene rings is 1. The molecule has 3 rings (SSSR count). The lowest BCUT2D eigenvalue weighted by Crippen LogP contribution is -2.01. The van der Waals surface area contributed by atoms with Crippen molar-refractivity contribution in [3.63, 3.8) is 0 Å². The van der Waals surface area contributed by atoms with E-state index in [-0.39, 0.29) is 17.2 Å². The first kappa shape index (κ1) is 12.8. The molecule has 3 heterocycles. The molecule has 0 aromatic carbocycles. The van der Waals surface area contributed by atoms with Crippen LogP contribution in [-0.4, -0.2) is 21.2 Å². The van der Waals surface area contributed by atoms with Gasteiger partial charge in [-0.1, -0.05) is 25.1 Å². The molecule has 0 aliphatic carbocycles. The summed E-state index contributed by atoms with van der Waals surface area (Å²) >= 11 is 1.50. The fourth-order valence-electron chi connectivity index (χ4n) is 2.09. The summed E-state index contributed by atoms with van der Waals surface area (Å²) < 4.78 is 5.22. The molecule has 0 bridgehead atoms. The van der Waals surface area contributed by atoms with Gasteiger partial charge >= 0.3 is 5.97 Å². The Morgan fingerprint density at radius 1 is 1.45 bits per heavy atom. The number of aromatic carboxylic acids is 1. The van der Waals surface area contributed by atoms with Crippen LogP contribution in [0.25, 0.3) is 21.7 Å². The van der Waals surface area contributed by atoms with E-state index >= 15 is 0 Å². The second-order valence-electron chi connectivity index (χ2n) is 4.74. The molecule has 1 N–H and O–H groups in total. The number of aromatic nitrogens is 2. The molecule has 102 valence electrons. The third-order valence-electron chi connectivity index (χ3n) is 3.02. The Morgan fingerprint density at radius 2 is 2.25 bits per heavy atom. The third kappa shape index (κ3) is 1.98. The minimum atomic E-state index is -1.000. The van der Waals surface area contributed by atoms with Gasteiger partial charge in [0.1, 0.15) is 0 Å². The van der Waals surface area contributed by atoms with Gasteiger partial charge < -0.3 is 9.63 Å². The van der Waals surface area contributed by atoms with E-state index in [9.17, 15) is 9.90 Å². The molecule has 0 saturated carbocycles. The van der Waals surface area contributed by atoms with E-state index in [4.69, 9.17) is 4.52 Å². The molecule has 0 spiro atoms. The largest absolute Gasteiger partial charge is 0.478 e. The second kappa shape index (κ2) is 4.72.